The highest BCUT2D eigenvalue weighted by Crippen LogP contribution is 2.37. The third kappa shape index (κ3) is 4.91. The first-order valence-corrected chi connectivity index (χ1v) is 12.9. The highest BCUT2D eigenvalue weighted by atomic mass is 19.1. The number of benzene rings is 2. The first-order valence-electron chi connectivity index (χ1n) is 12.9. The molecule has 4 aromatic rings. The van der Waals surface area contributed by atoms with Gasteiger partial charge in [-0.25, -0.2) is 23.9 Å². The van der Waals surface area contributed by atoms with Crippen molar-refractivity contribution in [2.45, 2.75) is 31.7 Å². The second-order valence-corrected chi connectivity index (χ2v) is 9.86. The van der Waals surface area contributed by atoms with Crippen molar-refractivity contribution in [2.24, 2.45) is 5.92 Å². The fourth-order valence-corrected chi connectivity index (χ4v) is 4.96. The first kappa shape index (κ1) is 24.6. The molecule has 1 atom stereocenters. The summed E-state index contributed by atoms with van der Waals surface area (Å²) < 4.78 is 23.0. The van der Waals surface area contributed by atoms with Gasteiger partial charge >= 0.3 is 0 Å². The smallest absolute Gasteiger partial charge is 0.252 e. The molecule has 9 nitrogen and oxygen atoms in total. The number of carbonyl (C=O) groups excluding carboxylic acids is 1. The molecule has 39 heavy (non-hydrogen) atoms. The van der Waals surface area contributed by atoms with Crippen molar-refractivity contribution >= 4 is 22.8 Å². The van der Waals surface area contributed by atoms with Gasteiger partial charge < -0.3 is 15.4 Å². The van der Waals surface area contributed by atoms with Crippen LogP contribution in [0.5, 0.6) is 11.5 Å². The van der Waals surface area contributed by atoms with Crippen molar-refractivity contribution in [3.63, 3.8) is 0 Å². The third-order valence-corrected chi connectivity index (χ3v) is 7.08. The number of nitrogens with two attached hydrogens (primary N) is 1. The number of likely N-dealkylation sites (tertiary alicyclic amines) is 1. The van der Waals surface area contributed by atoms with Gasteiger partial charge in [0, 0.05) is 24.7 Å². The van der Waals surface area contributed by atoms with Crippen LogP contribution >= 0.6 is 0 Å². The molecule has 0 spiro atoms. The van der Waals surface area contributed by atoms with Crippen LogP contribution < -0.4 is 10.5 Å². The van der Waals surface area contributed by atoms with E-state index in [1.165, 1.54) is 12.4 Å². The number of allylic oxidation sites excluding steroid dienone is 1. The molecule has 0 bridgehead atoms. The highest BCUT2D eigenvalue weighted by molar-refractivity contribution is 5.98. The number of halogens is 1. The Morgan fingerprint density at radius 3 is 2.69 bits per heavy atom. The lowest BCUT2D eigenvalue weighted by molar-refractivity contribution is -0.128. The number of amides is 1. The molecule has 2 fully saturated rings. The standard InChI is InChI=1S/C29H26FN7O2/c1-32-24(14-18-9-10-18)29(38)36-13-5-6-19(16-36)37-28-25(27(31)33-17-34-28)26(35-37)22-12-11-21(15-23(22)30)39-20-7-3-2-4-8-20/h2-4,7-8,11-12,14-15,17-19H,5-6,9-10,13,16H2,(H2,31,33,34). The predicted molar refractivity (Wildman–Crippen MR) is 144 cm³/mol. The molecule has 1 saturated heterocycles. The molecular weight excluding hydrogens is 497 g/mol. The Hall–Kier alpha value is -4.78. The Balaban J connectivity index is 1.33. The lowest BCUT2D eigenvalue weighted by Crippen LogP contribution is -2.41. The number of hydrogen-bond donors (Lipinski definition) is 1. The quantitative estimate of drug-likeness (QED) is 0.269. The Morgan fingerprint density at radius 1 is 1.13 bits per heavy atom. The number of nitrogen functional groups attached to an aromatic ring is 1. The van der Waals surface area contributed by atoms with E-state index in [9.17, 15) is 4.79 Å². The van der Waals surface area contributed by atoms with Crippen LogP contribution in [0.1, 0.15) is 31.7 Å². The molecule has 2 aromatic carbocycles. The molecule has 1 amide bonds. The van der Waals surface area contributed by atoms with E-state index in [4.69, 9.17) is 22.1 Å². The minimum absolute atomic E-state index is 0.176. The molecule has 1 aliphatic carbocycles. The Kier molecular flexibility index (Phi) is 6.40. The zero-order valence-corrected chi connectivity index (χ0v) is 21.1. The average Bonchev–Trinajstić information content (AvgIpc) is 3.70. The molecule has 10 heteroatoms. The van der Waals surface area contributed by atoms with Crippen LogP contribution in [0.3, 0.4) is 0 Å². The van der Waals surface area contributed by atoms with Gasteiger partial charge in [0.05, 0.1) is 18.0 Å². The van der Waals surface area contributed by atoms with E-state index in [1.807, 2.05) is 18.2 Å². The molecule has 1 unspecified atom stereocenters. The van der Waals surface area contributed by atoms with Gasteiger partial charge in [-0.2, -0.15) is 5.10 Å². The van der Waals surface area contributed by atoms with E-state index in [0.29, 0.717) is 47.2 Å². The maximum Gasteiger partial charge on any atom is 0.252 e. The maximum absolute atomic E-state index is 15.5. The summed E-state index contributed by atoms with van der Waals surface area (Å²) in [5.74, 6) is 0.693. The number of fused-ring (bicyclic) bond motifs is 1. The van der Waals surface area contributed by atoms with Crippen LogP contribution in [0.4, 0.5) is 10.2 Å². The van der Waals surface area contributed by atoms with E-state index in [2.05, 4.69) is 14.8 Å². The summed E-state index contributed by atoms with van der Waals surface area (Å²) in [6, 6.07) is 13.5. The largest absolute Gasteiger partial charge is 0.457 e. The van der Waals surface area contributed by atoms with E-state index < -0.39 is 5.82 Å². The molecule has 6 rings (SSSR count). The van der Waals surface area contributed by atoms with E-state index in [0.717, 1.165) is 25.7 Å². The predicted octanol–water partition coefficient (Wildman–Crippen LogP) is 5.38. The summed E-state index contributed by atoms with van der Waals surface area (Å²) in [4.78, 5) is 26.9. The summed E-state index contributed by atoms with van der Waals surface area (Å²) in [5.41, 5.74) is 7.46. The number of nitrogens with zero attached hydrogens (tertiary/aromatic N) is 6. The summed E-state index contributed by atoms with van der Waals surface area (Å²) in [7, 11) is 0. The van der Waals surface area contributed by atoms with E-state index in [1.54, 1.807) is 39.9 Å². The number of hydrogen-bond acceptors (Lipinski definition) is 6. The summed E-state index contributed by atoms with van der Waals surface area (Å²) in [6.07, 6.45) is 6.68. The summed E-state index contributed by atoms with van der Waals surface area (Å²) >= 11 is 0. The molecule has 2 aliphatic rings. The van der Waals surface area contributed by atoms with Gasteiger partial charge in [-0.15, -0.1) is 0 Å². The number of anilines is 1. The molecule has 2 aromatic heterocycles. The molecule has 2 N–H and O–H groups in total. The fourth-order valence-electron chi connectivity index (χ4n) is 4.96. The van der Waals surface area contributed by atoms with Gasteiger partial charge in [-0.05, 0) is 55.9 Å². The molecule has 1 saturated carbocycles. The van der Waals surface area contributed by atoms with Gasteiger partial charge in [-0.3, -0.25) is 4.79 Å². The second kappa shape index (κ2) is 10.2. The van der Waals surface area contributed by atoms with Crippen molar-refractivity contribution in [2.75, 3.05) is 18.8 Å². The third-order valence-electron chi connectivity index (χ3n) is 7.08. The Labute approximate surface area is 224 Å². The van der Waals surface area contributed by atoms with Crippen LogP contribution in [0.25, 0.3) is 27.1 Å². The Morgan fingerprint density at radius 2 is 1.95 bits per heavy atom. The number of para-hydroxylation sites is 1. The monoisotopic (exact) mass is 523 g/mol. The summed E-state index contributed by atoms with van der Waals surface area (Å²) in [5, 5.41) is 5.23. The average molecular weight is 524 g/mol. The number of rotatable bonds is 6. The summed E-state index contributed by atoms with van der Waals surface area (Å²) in [6.45, 7) is 8.42. The van der Waals surface area contributed by atoms with E-state index >= 15 is 4.39 Å². The van der Waals surface area contributed by atoms with Gasteiger partial charge in [0.2, 0.25) is 5.70 Å². The van der Waals surface area contributed by atoms with Gasteiger partial charge in [0.15, 0.2) is 5.65 Å². The van der Waals surface area contributed by atoms with Crippen LogP contribution in [0.2, 0.25) is 0 Å². The minimum atomic E-state index is -0.523. The topological polar surface area (TPSA) is 104 Å². The van der Waals surface area contributed by atoms with Crippen molar-refractivity contribution in [1.29, 1.82) is 0 Å². The number of ether oxygens (including phenoxy) is 1. The SMILES string of the molecule is [C-]#[N+]C(=CC1CC1)C(=O)N1CCCC(n2nc(-c3ccc(Oc4ccccc4)cc3F)c3c(N)ncnc32)C1. The van der Waals surface area contributed by atoms with Gasteiger partial charge in [0.25, 0.3) is 5.91 Å². The van der Waals surface area contributed by atoms with Crippen molar-refractivity contribution in [3.05, 3.63) is 83.9 Å². The molecule has 1 aliphatic heterocycles. The molecular formula is C29H26FN7O2. The zero-order chi connectivity index (χ0) is 26.9. The molecule has 3 heterocycles. The van der Waals surface area contributed by atoms with Crippen LogP contribution in [0.15, 0.2) is 66.6 Å². The fraction of sp³-hybridized carbons (Fsp3) is 0.276. The number of piperidine rings is 1. The lowest BCUT2D eigenvalue weighted by atomic mass is 10.1. The van der Waals surface area contributed by atoms with Gasteiger partial charge in [0.1, 0.15) is 35.2 Å². The van der Waals surface area contributed by atoms with E-state index in [-0.39, 0.29) is 29.0 Å². The molecule has 0 radical (unpaired) electrons. The second-order valence-electron chi connectivity index (χ2n) is 9.86. The molecule has 196 valence electrons. The van der Waals surface area contributed by atoms with Gasteiger partial charge in [-0.1, -0.05) is 24.3 Å². The lowest BCUT2D eigenvalue weighted by Gasteiger charge is -2.33. The van der Waals surface area contributed by atoms with Crippen LogP contribution in [-0.2, 0) is 4.79 Å². The van der Waals surface area contributed by atoms with Crippen molar-refractivity contribution in [3.8, 4) is 22.8 Å². The maximum atomic E-state index is 15.5. The first-order chi connectivity index (χ1) is 19.0. The number of carbonyl (C=O) groups is 1. The Bertz CT molecular complexity index is 1620. The van der Waals surface area contributed by atoms with Crippen LogP contribution in [0, 0.1) is 18.3 Å². The van der Waals surface area contributed by atoms with Crippen LogP contribution in [-0.4, -0.2) is 43.6 Å². The zero-order valence-electron chi connectivity index (χ0n) is 21.1. The number of aromatic nitrogens is 4. The van der Waals surface area contributed by atoms with Crippen molar-refractivity contribution < 1.29 is 13.9 Å². The highest BCUT2D eigenvalue weighted by Gasteiger charge is 2.31. The van der Waals surface area contributed by atoms with Crippen molar-refractivity contribution in [1.82, 2.24) is 24.6 Å². The normalized spacial score (nSPS) is 17.7. The minimum Gasteiger partial charge on any atom is -0.457 e.